The lowest BCUT2D eigenvalue weighted by molar-refractivity contribution is -0.139. The highest BCUT2D eigenvalue weighted by Crippen LogP contribution is 2.52. The normalized spacial score (nSPS) is 20.0. The number of hydrogen-bond donors (Lipinski definition) is 1. The van der Waals surface area contributed by atoms with Crippen LogP contribution in [-0.2, 0) is 26.4 Å². The average Bonchev–Trinajstić information content (AvgIpc) is 3.15. The van der Waals surface area contributed by atoms with Crippen LogP contribution < -0.4 is 10.1 Å². The molecule has 8 nitrogen and oxygen atoms in total. The van der Waals surface area contributed by atoms with Gasteiger partial charge in [-0.3, -0.25) is 14.5 Å². The minimum atomic E-state index is -0.793. The van der Waals surface area contributed by atoms with Crippen LogP contribution in [0.1, 0.15) is 37.8 Å². The van der Waals surface area contributed by atoms with Crippen LogP contribution in [0, 0.1) is 0 Å². The van der Waals surface area contributed by atoms with E-state index < -0.39 is 11.1 Å². The Labute approximate surface area is 228 Å². The van der Waals surface area contributed by atoms with E-state index in [2.05, 4.69) is 12.2 Å². The first-order valence-electron chi connectivity index (χ1n) is 13.2. The van der Waals surface area contributed by atoms with Gasteiger partial charge in [0.15, 0.2) is 6.61 Å². The van der Waals surface area contributed by atoms with Gasteiger partial charge in [-0.15, -0.1) is 0 Å². The highest BCUT2D eigenvalue weighted by atomic mass is 16.6. The molecule has 1 spiro atoms. The second-order valence-electron chi connectivity index (χ2n) is 10.2. The van der Waals surface area contributed by atoms with Crippen LogP contribution in [0.25, 0.3) is 0 Å². The molecule has 3 amide bonds. The molecule has 0 bridgehead atoms. The maximum atomic E-state index is 13.5. The number of ether oxygens (including phenoxy) is 2. The number of nitrogens with one attached hydrogen (secondary N) is 1. The molecule has 1 N–H and O–H groups in total. The standard InChI is InChI=1S/C31H33N3O5/c1-23(35)32-26-15-13-24(14-16-26)21-34-29(37)39-31(30(34,2)25-9-5-3-6-10-25)17-19-33(20-18-31)28(36)22-38-27-11-7-4-8-12-27/h3-16H,17-22H2,1-2H3,(H,32,35). The van der Waals surface area contributed by atoms with Crippen molar-refractivity contribution in [2.45, 2.75) is 44.4 Å². The lowest BCUT2D eigenvalue weighted by atomic mass is 9.70. The summed E-state index contributed by atoms with van der Waals surface area (Å²) in [6.07, 6.45) is 0.651. The Morgan fingerprint density at radius 2 is 1.54 bits per heavy atom. The number of carbonyl (C=O) groups excluding carboxylic acids is 3. The maximum absolute atomic E-state index is 13.5. The third-order valence-corrected chi connectivity index (χ3v) is 7.91. The van der Waals surface area contributed by atoms with E-state index in [0.29, 0.717) is 43.9 Å². The number of carbonyl (C=O) groups is 3. The topological polar surface area (TPSA) is 88.2 Å². The summed E-state index contributed by atoms with van der Waals surface area (Å²) in [5.74, 6) is 0.429. The Bertz CT molecular complexity index is 1320. The summed E-state index contributed by atoms with van der Waals surface area (Å²) in [4.78, 5) is 41.4. The van der Waals surface area contributed by atoms with Crippen molar-refractivity contribution in [3.05, 3.63) is 96.1 Å². The minimum absolute atomic E-state index is 0.0344. The molecule has 5 rings (SSSR count). The minimum Gasteiger partial charge on any atom is -0.484 e. The Kier molecular flexibility index (Phi) is 7.28. The largest absolute Gasteiger partial charge is 0.484 e. The van der Waals surface area contributed by atoms with Crippen LogP contribution in [0.4, 0.5) is 10.5 Å². The summed E-state index contributed by atoms with van der Waals surface area (Å²) in [5, 5.41) is 2.77. The molecule has 3 aromatic rings. The number of amides is 3. The number of hydrogen-bond acceptors (Lipinski definition) is 5. The summed E-state index contributed by atoms with van der Waals surface area (Å²) in [6.45, 7) is 4.77. The van der Waals surface area contributed by atoms with E-state index in [1.165, 1.54) is 6.92 Å². The SMILES string of the molecule is CC(=O)Nc1ccc(CN2C(=O)OC3(CCN(C(=O)COc4ccccc4)CC3)C2(C)c2ccccc2)cc1. The van der Waals surface area contributed by atoms with E-state index in [4.69, 9.17) is 9.47 Å². The molecule has 1 atom stereocenters. The second-order valence-corrected chi connectivity index (χ2v) is 10.2. The first-order valence-corrected chi connectivity index (χ1v) is 13.2. The lowest BCUT2D eigenvalue weighted by Crippen LogP contribution is -2.59. The Morgan fingerprint density at radius 3 is 2.15 bits per heavy atom. The number of benzene rings is 3. The average molecular weight is 528 g/mol. The second kappa shape index (κ2) is 10.8. The molecule has 39 heavy (non-hydrogen) atoms. The van der Waals surface area contributed by atoms with Crippen molar-refractivity contribution in [1.82, 2.24) is 9.80 Å². The fraction of sp³-hybridized carbons (Fsp3) is 0.323. The predicted octanol–water partition coefficient (Wildman–Crippen LogP) is 4.95. The summed E-state index contributed by atoms with van der Waals surface area (Å²) >= 11 is 0. The fourth-order valence-electron chi connectivity index (χ4n) is 5.69. The lowest BCUT2D eigenvalue weighted by Gasteiger charge is -2.48. The number of piperidine rings is 1. The van der Waals surface area contributed by atoms with Crippen LogP contribution in [0.5, 0.6) is 5.75 Å². The molecule has 2 saturated heterocycles. The molecular formula is C31H33N3O5. The van der Waals surface area contributed by atoms with Crippen molar-refractivity contribution < 1.29 is 23.9 Å². The predicted molar refractivity (Wildman–Crippen MR) is 147 cm³/mol. The molecule has 2 aliphatic rings. The molecule has 202 valence electrons. The van der Waals surface area contributed by atoms with E-state index in [1.807, 2.05) is 84.9 Å². The zero-order chi connectivity index (χ0) is 27.5. The van der Waals surface area contributed by atoms with Gasteiger partial charge in [0.2, 0.25) is 5.91 Å². The number of anilines is 1. The van der Waals surface area contributed by atoms with Crippen molar-refractivity contribution >= 4 is 23.6 Å². The van der Waals surface area contributed by atoms with E-state index in [1.54, 1.807) is 9.80 Å². The van der Waals surface area contributed by atoms with E-state index in [0.717, 1.165) is 11.1 Å². The van der Waals surface area contributed by atoms with Gasteiger partial charge in [0.25, 0.3) is 5.91 Å². The third kappa shape index (κ3) is 5.19. The van der Waals surface area contributed by atoms with Gasteiger partial charge < -0.3 is 19.7 Å². The number of nitrogens with zero attached hydrogens (tertiary/aromatic N) is 2. The van der Waals surface area contributed by atoms with Crippen molar-refractivity contribution in [2.75, 3.05) is 25.0 Å². The molecule has 0 radical (unpaired) electrons. The Morgan fingerprint density at radius 1 is 0.923 bits per heavy atom. The monoisotopic (exact) mass is 527 g/mol. The van der Waals surface area contributed by atoms with Crippen molar-refractivity contribution in [1.29, 1.82) is 0 Å². The van der Waals surface area contributed by atoms with Gasteiger partial charge in [0.05, 0.1) is 6.54 Å². The molecule has 0 aliphatic carbocycles. The first-order chi connectivity index (χ1) is 18.8. The highest BCUT2D eigenvalue weighted by Gasteiger charge is 2.63. The molecule has 0 aromatic heterocycles. The molecule has 0 saturated carbocycles. The van der Waals surface area contributed by atoms with Gasteiger partial charge >= 0.3 is 6.09 Å². The van der Waals surface area contributed by atoms with Gasteiger partial charge in [-0.1, -0.05) is 60.7 Å². The maximum Gasteiger partial charge on any atom is 0.411 e. The summed E-state index contributed by atoms with van der Waals surface area (Å²) < 4.78 is 11.9. The Hall–Kier alpha value is -4.33. The van der Waals surface area contributed by atoms with Crippen LogP contribution in [0.15, 0.2) is 84.9 Å². The smallest absolute Gasteiger partial charge is 0.411 e. The van der Waals surface area contributed by atoms with Crippen LogP contribution in [-0.4, -0.2) is 53.0 Å². The first kappa shape index (κ1) is 26.3. The van der Waals surface area contributed by atoms with Crippen molar-refractivity contribution in [2.24, 2.45) is 0 Å². The van der Waals surface area contributed by atoms with Crippen molar-refractivity contribution in [3.8, 4) is 5.75 Å². The summed E-state index contributed by atoms with van der Waals surface area (Å²) in [5.41, 5.74) is 1.06. The van der Waals surface area contributed by atoms with Gasteiger partial charge in [0, 0.05) is 38.5 Å². The summed E-state index contributed by atoms with van der Waals surface area (Å²) in [7, 11) is 0. The van der Waals surface area contributed by atoms with Gasteiger partial charge in [-0.2, -0.15) is 0 Å². The fourth-order valence-corrected chi connectivity index (χ4v) is 5.69. The molecule has 1 unspecified atom stereocenters. The highest BCUT2D eigenvalue weighted by molar-refractivity contribution is 5.88. The van der Waals surface area contributed by atoms with Gasteiger partial charge in [-0.05, 0) is 42.3 Å². The molecule has 3 aromatic carbocycles. The van der Waals surface area contributed by atoms with Gasteiger partial charge in [0.1, 0.15) is 16.9 Å². The number of likely N-dealkylation sites (tertiary alicyclic amines) is 1. The molecule has 2 aliphatic heterocycles. The van der Waals surface area contributed by atoms with Gasteiger partial charge in [-0.25, -0.2) is 4.79 Å². The van der Waals surface area contributed by atoms with E-state index in [9.17, 15) is 14.4 Å². The summed E-state index contributed by atoms with van der Waals surface area (Å²) in [6, 6.07) is 26.7. The quantitative estimate of drug-likeness (QED) is 0.470. The zero-order valence-corrected chi connectivity index (χ0v) is 22.3. The molecule has 2 fully saturated rings. The molecule has 8 heteroatoms. The van der Waals surface area contributed by atoms with E-state index >= 15 is 0 Å². The van der Waals surface area contributed by atoms with Crippen molar-refractivity contribution in [3.63, 3.8) is 0 Å². The Balaban J connectivity index is 1.35. The van der Waals surface area contributed by atoms with Crippen LogP contribution >= 0.6 is 0 Å². The van der Waals surface area contributed by atoms with E-state index in [-0.39, 0.29) is 24.5 Å². The zero-order valence-electron chi connectivity index (χ0n) is 22.3. The molecular weight excluding hydrogens is 494 g/mol. The number of rotatable bonds is 7. The van der Waals surface area contributed by atoms with Crippen LogP contribution in [0.3, 0.4) is 0 Å². The third-order valence-electron chi connectivity index (χ3n) is 7.91. The molecule has 2 heterocycles. The van der Waals surface area contributed by atoms with Crippen LogP contribution in [0.2, 0.25) is 0 Å². The number of para-hydroxylation sites is 1.